The summed E-state index contributed by atoms with van der Waals surface area (Å²) >= 11 is 0. The number of hydrogen-bond acceptors (Lipinski definition) is 1. The number of benzene rings is 10. The van der Waals surface area contributed by atoms with Crippen LogP contribution in [0.4, 0.5) is 17.1 Å². The normalized spacial score (nSPS) is 11.2. The molecule has 1 nitrogen and oxygen atoms in total. The molecule has 0 saturated heterocycles. The molecule has 0 unspecified atom stereocenters. The summed E-state index contributed by atoms with van der Waals surface area (Å²) in [7, 11) is 0. The average molecular weight is 726 g/mol. The van der Waals surface area contributed by atoms with Crippen LogP contribution in [0.15, 0.2) is 237 Å². The van der Waals surface area contributed by atoms with Crippen molar-refractivity contribution in [2.24, 2.45) is 0 Å². The topological polar surface area (TPSA) is 3.24 Å². The summed E-state index contributed by atoms with van der Waals surface area (Å²) < 4.78 is 0. The van der Waals surface area contributed by atoms with Gasteiger partial charge in [0, 0.05) is 17.1 Å². The van der Waals surface area contributed by atoms with Gasteiger partial charge in [-0.1, -0.05) is 194 Å². The summed E-state index contributed by atoms with van der Waals surface area (Å²) in [6, 6.07) is 85.6. The predicted molar refractivity (Wildman–Crippen MR) is 243 cm³/mol. The van der Waals surface area contributed by atoms with Gasteiger partial charge in [0.1, 0.15) is 0 Å². The third-order valence-electron chi connectivity index (χ3n) is 11.1. The summed E-state index contributed by atoms with van der Waals surface area (Å²) in [6.07, 6.45) is 0. The van der Waals surface area contributed by atoms with E-state index in [2.05, 4.69) is 241 Å². The lowest BCUT2D eigenvalue weighted by Crippen LogP contribution is -2.10. The summed E-state index contributed by atoms with van der Waals surface area (Å²) in [6.45, 7) is 0. The Kier molecular flexibility index (Phi) is 8.95. The highest BCUT2D eigenvalue weighted by Gasteiger charge is 2.18. The van der Waals surface area contributed by atoms with Crippen LogP contribution in [-0.4, -0.2) is 0 Å². The second kappa shape index (κ2) is 15.0. The summed E-state index contributed by atoms with van der Waals surface area (Å²) in [4.78, 5) is 2.39. The van der Waals surface area contributed by atoms with E-state index in [0.717, 1.165) is 17.1 Å². The van der Waals surface area contributed by atoms with Crippen molar-refractivity contribution in [2.45, 2.75) is 0 Å². The van der Waals surface area contributed by atoms with Gasteiger partial charge in [0.2, 0.25) is 0 Å². The van der Waals surface area contributed by atoms with Crippen LogP contribution in [0.1, 0.15) is 0 Å². The van der Waals surface area contributed by atoms with Crippen molar-refractivity contribution in [1.29, 1.82) is 0 Å². The highest BCUT2D eigenvalue weighted by atomic mass is 15.1. The monoisotopic (exact) mass is 725 g/mol. The largest absolute Gasteiger partial charge is 0.310 e. The number of fused-ring (bicyclic) bond motifs is 3. The van der Waals surface area contributed by atoms with Gasteiger partial charge in [-0.2, -0.15) is 0 Å². The van der Waals surface area contributed by atoms with E-state index >= 15 is 0 Å². The zero-order chi connectivity index (χ0) is 38.0. The summed E-state index contributed by atoms with van der Waals surface area (Å²) in [5.74, 6) is 0. The quantitative estimate of drug-likeness (QED) is 0.141. The first-order valence-corrected chi connectivity index (χ1v) is 19.6. The van der Waals surface area contributed by atoms with E-state index < -0.39 is 0 Å². The first-order chi connectivity index (χ1) is 28.3. The fourth-order valence-corrected chi connectivity index (χ4v) is 8.32. The van der Waals surface area contributed by atoms with Gasteiger partial charge < -0.3 is 4.90 Å². The van der Waals surface area contributed by atoms with Crippen LogP contribution in [0.3, 0.4) is 0 Å². The van der Waals surface area contributed by atoms with Gasteiger partial charge in [-0.25, -0.2) is 0 Å². The highest BCUT2D eigenvalue weighted by molar-refractivity contribution is 6.13. The van der Waals surface area contributed by atoms with E-state index in [1.807, 2.05) is 0 Å². The molecule has 0 spiro atoms. The van der Waals surface area contributed by atoms with E-state index in [4.69, 9.17) is 0 Å². The van der Waals surface area contributed by atoms with Gasteiger partial charge in [-0.3, -0.25) is 0 Å². The van der Waals surface area contributed by atoms with Crippen molar-refractivity contribution in [1.82, 2.24) is 0 Å². The summed E-state index contributed by atoms with van der Waals surface area (Å²) in [5.41, 5.74) is 15.3. The van der Waals surface area contributed by atoms with Crippen molar-refractivity contribution in [3.63, 3.8) is 0 Å². The fourth-order valence-electron chi connectivity index (χ4n) is 8.32. The van der Waals surface area contributed by atoms with E-state index in [1.54, 1.807) is 0 Å². The van der Waals surface area contributed by atoms with E-state index in [9.17, 15) is 0 Å². The molecule has 0 aliphatic heterocycles. The molecule has 10 aromatic carbocycles. The Balaban J connectivity index is 1.12. The maximum absolute atomic E-state index is 2.39. The third-order valence-corrected chi connectivity index (χ3v) is 11.1. The average Bonchev–Trinajstić information content (AvgIpc) is 3.30. The molecule has 0 heterocycles. The van der Waals surface area contributed by atoms with Crippen molar-refractivity contribution in [2.75, 3.05) is 4.90 Å². The van der Waals surface area contributed by atoms with Crippen LogP contribution < -0.4 is 4.90 Å². The Hall–Kier alpha value is -7.48. The lowest BCUT2D eigenvalue weighted by atomic mass is 9.92. The van der Waals surface area contributed by atoms with Crippen LogP contribution >= 0.6 is 0 Å². The zero-order valence-electron chi connectivity index (χ0n) is 31.5. The number of nitrogens with zero attached hydrogens (tertiary/aromatic N) is 1. The standard InChI is InChI=1S/C56H39N/c1-4-16-40(17-5-1)49-23-12-13-24-50(49)43-28-32-46(33-29-43)57(48-36-37-52(41-18-6-2-7-19-41)56(39-48)42-20-8-3-9-21-42)47-34-30-44(31-35-47)55-38-45-22-10-11-25-51(45)53-26-14-15-27-54(53)55/h1-39H. The van der Waals surface area contributed by atoms with Crippen LogP contribution in [0.5, 0.6) is 0 Å². The molecule has 0 N–H and O–H groups in total. The lowest BCUT2D eigenvalue weighted by Gasteiger charge is -2.27. The molecule has 0 fully saturated rings. The molecule has 0 aliphatic carbocycles. The van der Waals surface area contributed by atoms with Crippen LogP contribution in [0.2, 0.25) is 0 Å². The second-order valence-electron chi connectivity index (χ2n) is 14.5. The molecule has 0 saturated carbocycles. The predicted octanol–water partition coefficient (Wildman–Crippen LogP) is 15.8. The molecule has 0 atom stereocenters. The molecule has 10 rings (SSSR count). The maximum atomic E-state index is 2.39. The van der Waals surface area contributed by atoms with Gasteiger partial charge in [0.05, 0.1) is 0 Å². The maximum Gasteiger partial charge on any atom is 0.0468 e. The minimum atomic E-state index is 1.09. The molecule has 0 aromatic heterocycles. The molecule has 0 radical (unpaired) electrons. The Bertz CT molecular complexity index is 2970. The molecule has 268 valence electrons. The van der Waals surface area contributed by atoms with E-state index in [0.29, 0.717) is 0 Å². The SMILES string of the molecule is c1ccc(-c2ccccc2-c2ccc(N(c3ccc(-c4cc5ccccc5c5ccccc45)cc3)c3ccc(-c4ccccc4)c(-c4ccccc4)c3)cc2)cc1. The van der Waals surface area contributed by atoms with Crippen molar-refractivity contribution >= 4 is 38.6 Å². The van der Waals surface area contributed by atoms with Gasteiger partial charge in [-0.15, -0.1) is 0 Å². The first-order valence-electron chi connectivity index (χ1n) is 19.6. The van der Waals surface area contributed by atoms with Crippen LogP contribution in [0, 0.1) is 0 Å². The lowest BCUT2D eigenvalue weighted by molar-refractivity contribution is 1.28. The van der Waals surface area contributed by atoms with Gasteiger partial charge in [0.15, 0.2) is 0 Å². The van der Waals surface area contributed by atoms with Gasteiger partial charge >= 0.3 is 0 Å². The molecule has 0 amide bonds. The minimum Gasteiger partial charge on any atom is -0.310 e. The minimum absolute atomic E-state index is 1.09. The molecule has 10 aromatic rings. The molecular formula is C56H39N. The Morgan fingerprint density at radius 3 is 1.16 bits per heavy atom. The molecule has 0 bridgehead atoms. The van der Waals surface area contributed by atoms with Crippen LogP contribution in [0.25, 0.3) is 77.2 Å². The van der Waals surface area contributed by atoms with Crippen molar-refractivity contribution in [3.05, 3.63) is 237 Å². The smallest absolute Gasteiger partial charge is 0.0468 e. The Labute approximate surface area is 334 Å². The highest BCUT2D eigenvalue weighted by Crippen LogP contribution is 2.43. The third kappa shape index (κ3) is 6.56. The van der Waals surface area contributed by atoms with Crippen LogP contribution in [-0.2, 0) is 0 Å². The second-order valence-corrected chi connectivity index (χ2v) is 14.5. The molecule has 0 aliphatic rings. The Morgan fingerprint density at radius 2 is 0.596 bits per heavy atom. The molecule has 57 heavy (non-hydrogen) atoms. The van der Waals surface area contributed by atoms with Crippen molar-refractivity contribution in [3.8, 4) is 55.6 Å². The van der Waals surface area contributed by atoms with Crippen molar-refractivity contribution < 1.29 is 0 Å². The van der Waals surface area contributed by atoms with E-state index in [-0.39, 0.29) is 0 Å². The number of hydrogen-bond donors (Lipinski definition) is 0. The zero-order valence-corrected chi connectivity index (χ0v) is 31.5. The molecule has 1 heteroatoms. The fraction of sp³-hybridized carbons (Fsp3) is 0. The Morgan fingerprint density at radius 1 is 0.211 bits per heavy atom. The van der Waals surface area contributed by atoms with E-state index in [1.165, 1.54) is 77.2 Å². The van der Waals surface area contributed by atoms with Gasteiger partial charge in [0.25, 0.3) is 0 Å². The molecular weight excluding hydrogens is 687 g/mol. The first kappa shape index (κ1) is 34.0. The number of anilines is 3. The van der Waals surface area contributed by atoms with Gasteiger partial charge in [-0.05, 0) is 120 Å². The summed E-state index contributed by atoms with van der Waals surface area (Å²) in [5, 5.41) is 5.06. The number of rotatable bonds is 8.